The number of rotatable bonds is 4. The van der Waals surface area contributed by atoms with E-state index in [4.69, 9.17) is 0 Å². The van der Waals surface area contributed by atoms with Crippen molar-refractivity contribution in [2.24, 2.45) is 0 Å². The Morgan fingerprint density at radius 2 is 1.95 bits per heavy atom. The Morgan fingerprint density at radius 1 is 1.26 bits per heavy atom. The van der Waals surface area contributed by atoms with E-state index in [2.05, 4.69) is 25.6 Å². The highest BCUT2D eigenvalue weighted by molar-refractivity contribution is 5.86. The van der Waals surface area contributed by atoms with Crippen LogP contribution in [0.5, 0.6) is 0 Å². The molecule has 0 radical (unpaired) electrons. The molecule has 8 heteroatoms. The van der Waals surface area contributed by atoms with Crippen LogP contribution in [0.1, 0.15) is 6.42 Å². The van der Waals surface area contributed by atoms with Crippen molar-refractivity contribution in [2.45, 2.75) is 12.5 Å². The second-order valence-electron chi connectivity index (χ2n) is 4.67. The van der Waals surface area contributed by atoms with Crippen molar-refractivity contribution in [3.8, 4) is 0 Å². The van der Waals surface area contributed by atoms with Gasteiger partial charge in [0.1, 0.15) is 6.04 Å². The summed E-state index contributed by atoms with van der Waals surface area (Å²) in [5.74, 6) is 1.50. The van der Waals surface area contributed by atoms with Gasteiger partial charge in [-0.05, 0) is 6.42 Å². The predicted molar refractivity (Wildman–Crippen MR) is 73.4 cm³/mol. The van der Waals surface area contributed by atoms with E-state index in [1.807, 2.05) is 14.1 Å². The lowest BCUT2D eigenvalue weighted by molar-refractivity contribution is -0.127. The van der Waals surface area contributed by atoms with E-state index < -0.39 is 0 Å². The van der Waals surface area contributed by atoms with Gasteiger partial charge in [-0.25, -0.2) is 0 Å². The van der Waals surface area contributed by atoms with Gasteiger partial charge in [0, 0.05) is 34.7 Å². The average Bonchev–Trinajstić information content (AvgIpc) is 2.70. The van der Waals surface area contributed by atoms with E-state index in [-0.39, 0.29) is 11.9 Å². The Morgan fingerprint density at radius 3 is 2.47 bits per heavy atom. The highest BCUT2D eigenvalue weighted by atomic mass is 16.2. The summed E-state index contributed by atoms with van der Waals surface area (Å²) in [6.45, 7) is 0.751. The van der Waals surface area contributed by atoms with Crippen LogP contribution in [-0.2, 0) is 4.79 Å². The molecular formula is C11H19N7O. The lowest BCUT2D eigenvalue weighted by Crippen LogP contribution is -2.32. The first-order valence-electron chi connectivity index (χ1n) is 6.14. The molecule has 2 heterocycles. The Labute approximate surface area is 112 Å². The van der Waals surface area contributed by atoms with E-state index in [0.717, 1.165) is 13.0 Å². The molecule has 1 saturated heterocycles. The van der Waals surface area contributed by atoms with Crippen LogP contribution in [0, 0.1) is 0 Å². The van der Waals surface area contributed by atoms with Crippen LogP contribution in [0.3, 0.4) is 0 Å². The van der Waals surface area contributed by atoms with E-state index in [1.165, 1.54) is 0 Å². The number of aromatic nitrogens is 3. The van der Waals surface area contributed by atoms with Crippen LogP contribution >= 0.6 is 0 Å². The van der Waals surface area contributed by atoms with E-state index in [0.29, 0.717) is 17.8 Å². The minimum atomic E-state index is -0.257. The largest absolute Gasteiger partial charge is 0.357 e. The standard InChI is InChI=1S/C11H19N7O/c1-12-9-14-10(16-11(15-9)17(2)3)13-7-5-6-18(4)8(7)19/h7H,5-6H2,1-4H3,(H2,12,13,14,15,16). The topological polar surface area (TPSA) is 86.3 Å². The molecule has 1 aromatic rings. The molecule has 0 saturated carbocycles. The predicted octanol–water partition coefficient (Wildman–Crippen LogP) is -0.378. The lowest BCUT2D eigenvalue weighted by Gasteiger charge is -2.15. The number of nitrogens with zero attached hydrogens (tertiary/aromatic N) is 5. The van der Waals surface area contributed by atoms with Gasteiger partial charge in [-0.15, -0.1) is 0 Å². The first-order valence-corrected chi connectivity index (χ1v) is 6.14. The van der Waals surface area contributed by atoms with Gasteiger partial charge in [0.05, 0.1) is 0 Å². The van der Waals surface area contributed by atoms with Crippen molar-refractivity contribution < 1.29 is 4.79 Å². The van der Waals surface area contributed by atoms with Gasteiger partial charge < -0.3 is 20.4 Å². The van der Waals surface area contributed by atoms with Crippen molar-refractivity contribution >= 4 is 23.8 Å². The van der Waals surface area contributed by atoms with Gasteiger partial charge >= 0.3 is 0 Å². The molecule has 1 aliphatic heterocycles. The molecule has 0 bridgehead atoms. The molecule has 19 heavy (non-hydrogen) atoms. The van der Waals surface area contributed by atoms with Crippen LogP contribution in [0.2, 0.25) is 0 Å². The van der Waals surface area contributed by atoms with Crippen molar-refractivity contribution in [3.05, 3.63) is 0 Å². The molecule has 0 aromatic carbocycles. The summed E-state index contributed by atoms with van der Waals surface area (Å²) in [5, 5.41) is 5.95. The summed E-state index contributed by atoms with van der Waals surface area (Å²) >= 11 is 0. The van der Waals surface area contributed by atoms with Crippen LogP contribution in [0.4, 0.5) is 17.8 Å². The fraction of sp³-hybridized carbons (Fsp3) is 0.636. The molecule has 1 aromatic heterocycles. The third-order valence-electron chi connectivity index (χ3n) is 2.98. The monoisotopic (exact) mass is 265 g/mol. The SMILES string of the molecule is CNc1nc(NC2CCN(C)C2=O)nc(N(C)C)n1. The third-order valence-corrected chi connectivity index (χ3v) is 2.98. The minimum Gasteiger partial charge on any atom is -0.357 e. The zero-order valence-electron chi connectivity index (χ0n) is 11.6. The normalized spacial score (nSPS) is 18.6. The van der Waals surface area contributed by atoms with Gasteiger partial charge in [-0.2, -0.15) is 15.0 Å². The third kappa shape index (κ3) is 2.83. The van der Waals surface area contributed by atoms with Gasteiger partial charge in [0.2, 0.25) is 23.8 Å². The molecule has 2 rings (SSSR count). The fourth-order valence-electron chi connectivity index (χ4n) is 1.85. The highest BCUT2D eigenvalue weighted by Crippen LogP contribution is 2.16. The Balaban J connectivity index is 2.20. The Hall–Kier alpha value is -2.12. The molecule has 1 unspecified atom stereocenters. The van der Waals surface area contributed by atoms with Crippen molar-refractivity contribution in [1.82, 2.24) is 19.9 Å². The second kappa shape index (κ2) is 5.25. The minimum absolute atomic E-state index is 0.0674. The zero-order chi connectivity index (χ0) is 14.0. The lowest BCUT2D eigenvalue weighted by atomic mass is 10.2. The van der Waals surface area contributed by atoms with E-state index in [9.17, 15) is 4.79 Å². The number of nitrogens with one attached hydrogen (secondary N) is 2. The summed E-state index contributed by atoms with van der Waals surface area (Å²) in [7, 11) is 7.24. The van der Waals surface area contributed by atoms with Crippen molar-refractivity contribution in [3.63, 3.8) is 0 Å². The molecule has 1 amide bonds. The molecular weight excluding hydrogens is 246 g/mol. The van der Waals surface area contributed by atoms with Crippen LogP contribution < -0.4 is 15.5 Å². The van der Waals surface area contributed by atoms with E-state index >= 15 is 0 Å². The smallest absolute Gasteiger partial charge is 0.244 e. The fourth-order valence-corrected chi connectivity index (χ4v) is 1.85. The number of likely N-dealkylation sites (tertiary alicyclic amines) is 1. The zero-order valence-corrected chi connectivity index (χ0v) is 11.6. The number of hydrogen-bond donors (Lipinski definition) is 2. The van der Waals surface area contributed by atoms with Crippen LogP contribution in [-0.4, -0.2) is 66.5 Å². The number of carbonyl (C=O) groups excluding carboxylic acids is 1. The molecule has 1 fully saturated rings. The summed E-state index contributed by atoms with van der Waals surface area (Å²) in [4.78, 5) is 28.1. The maximum Gasteiger partial charge on any atom is 0.244 e. The molecule has 104 valence electrons. The maximum atomic E-state index is 11.8. The number of amides is 1. The summed E-state index contributed by atoms with van der Waals surface area (Å²) < 4.78 is 0. The quantitative estimate of drug-likeness (QED) is 0.767. The molecule has 8 nitrogen and oxygen atoms in total. The Kier molecular flexibility index (Phi) is 3.68. The van der Waals surface area contributed by atoms with Crippen LogP contribution in [0.25, 0.3) is 0 Å². The van der Waals surface area contributed by atoms with Gasteiger partial charge in [-0.3, -0.25) is 4.79 Å². The first-order chi connectivity index (χ1) is 9.01. The number of anilines is 3. The number of hydrogen-bond acceptors (Lipinski definition) is 7. The molecule has 1 atom stereocenters. The number of likely N-dealkylation sites (N-methyl/N-ethyl adjacent to an activating group) is 1. The maximum absolute atomic E-state index is 11.8. The molecule has 1 aliphatic rings. The van der Waals surface area contributed by atoms with Gasteiger partial charge in [0.15, 0.2) is 0 Å². The van der Waals surface area contributed by atoms with Crippen molar-refractivity contribution in [1.29, 1.82) is 0 Å². The van der Waals surface area contributed by atoms with Crippen molar-refractivity contribution in [2.75, 3.05) is 50.3 Å². The number of carbonyl (C=O) groups is 1. The molecule has 0 aliphatic carbocycles. The van der Waals surface area contributed by atoms with Gasteiger partial charge in [0.25, 0.3) is 0 Å². The molecule has 0 spiro atoms. The van der Waals surface area contributed by atoms with Crippen LogP contribution in [0.15, 0.2) is 0 Å². The second-order valence-corrected chi connectivity index (χ2v) is 4.67. The van der Waals surface area contributed by atoms with Gasteiger partial charge in [-0.1, -0.05) is 0 Å². The molecule has 2 N–H and O–H groups in total. The summed E-state index contributed by atoms with van der Waals surface area (Å²) in [6.07, 6.45) is 0.757. The average molecular weight is 265 g/mol. The summed E-state index contributed by atoms with van der Waals surface area (Å²) in [6, 6.07) is -0.257. The van der Waals surface area contributed by atoms with E-state index in [1.54, 1.807) is 23.9 Å². The Bertz CT molecular complexity index is 476. The highest BCUT2D eigenvalue weighted by Gasteiger charge is 2.29. The summed E-state index contributed by atoms with van der Waals surface area (Å²) in [5.41, 5.74) is 0. The first kappa shape index (κ1) is 13.3.